The van der Waals surface area contributed by atoms with E-state index in [0.29, 0.717) is 30.2 Å². The highest BCUT2D eigenvalue weighted by Crippen LogP contribution is 2.40. The minimum Gasteiger partial charge on any atom is -0.497 e. The smallest absolute Gasteiger partial charge is 0.243 e. The zero-order valence-electron chi connectivity index (χ0n) is 18.9. The highest BCUT2D eigenvalue weighted by molar-refractivity contribution is 7.89. The molecule has 0 aliphatic carbocycles. The largest absolute Gasteiger partial charge is 0.497 e. The monoisotopic (exact) mass is 469 g/mol. The van der Waals surface area contributed by atoms with Gasteiger partial charge in [0.25, 0.3) is 0 Å². The maximum Gasteiger partial charge on any atom is 0.243 e. The molecule has 0 saturated heterocycles. The second-order valence-electron chi connectivity index (χ2n) is 7.59. The molecule has 3 aromatic carbocycles. The lowest BCUT2D eigenvalue weighted by Crippen LogP contribution is -2.42. The molecule has 0 bridgehead atoms. The molecule has 8 heteroatoms. The van der Waals surface area contributed by atoms with E-state index in [1.807, 2.05) is 12.1 Å². The third kappa shape index (κ3) is 4.62. The summed E-state index contributed by atoms with van der Waals surface area (Å²) >= 11 is 0. The van der Waals surface area contributed by atoms with Gasteiger partial charge in [-0.25, -0.2) is 8.42 Å². The minimum absolute atomic E-state index is 0.140. The molecule has 1 aliphatic rings. The number of benzene rings is 3. The van der Waals surface area contributed by atoms with Crippen LogP contribution in [-0.4, -0.2) is 47.2 Å². The maximum atomic E-state index is 13.6. The summed E-state index contributed by atoms with van der Waals surface area (Å²) in [5.74, 6) is 2.51. The molecule has 0 unspecified atom stereocenters. The van der Waals surface area contributed by atoms with Crippen LogP contribution in [0.25, 0.3) is 0 Å². The van der Waals surface area contributed by atoms with Crippen molar-refractivity contribution in [2.45, 2.75) is 17.4 Å². The van der Waals surface area contributed by atoms with Crippen LogP contribution in [0.2, 0.25) is 0 Å². The second-order valence-corrected chi connectivity index (χ2v) is 9.48. The van der Waals surface area contributed by atoms with E-state index >= 15 is 0 Å². The molecule has 4 rings (SSSR count). The number of rotatable bonds is 8. The molecular formula is C25H27NO6S. The van der Waals surface area contributed by atoms with Gasteiger partial charge in [-0.2, -0.15) is 4.31 Å². The van der Waals surface area contributed by atoms with E-state index in [1.165, 1.54) is 4.31 Å². The fourth-order valence-electron chi connectivity index (χ4n) is 4.04. The first-order valence-electron chi connectivity index (χ1n) is 10.6. The Hall–Kier alpha value is -3.23. The van der Waals surface area contributed by atoms with Crippen LogP contribution in [0.3, 0.4) is 0 Å². The molecule has 0 aromatic heterocycles. The van der Waals surface area contributed by atoms with E-state index in [4.69, 9.17) is 18.9 Å². The molecule has 1 heterocycles. The van der Waals surface area contributed by atoms with Crippen molar-refractivity contribution in [3.63, 3.8) is 0 Å². The first-order valence-corrected chi connectivity index (χ1v) is 12.0. The minimum atomic E-state index is -3.74. The Morgan fingerprint density at radius 1 is 0.848 bits per heavy atom. The third-order valence-corrected chi connectivity index (χ3v) is 7.69. The van der Waals surface area contributed by atoms with Gasteiger partial charge in [-0.05, 0) is 66.1 Å². The van der Waals surface area contributed by atoms with Gasteiger partial charge in [-0.3, -0.25) is 0 Å². The molecule has 33 heavy (non-hydrogen) atoms. The Bertz CT molecular complexity index is 1200. The van der Waals surface area contributed by atoms with Crippen molar-refractivity contribution in [3.05, 3.63) is 77.9 Å². The van der Waals surface area contributed by atoms with Crippen molar-refractivity contribution < 1.29 is 27.4 Å². The first kappa shape index (κ1) is 22.9. The molecule has 3 aromatic rings. The Balaban J connectivity index is 1.73. The molecule has 0 N–H and O–H groups in total. The first-order chi connectivity index (χ1) is 16.0. The molecule has 0 spiro atoms. The van der Waals surface area contributed by atoms with E-state index in [0.717, 1.165) is 16.9 Å². The Labute approximate surface area is 194 Å². The summed E-state index contributed by atoms with van der Waals surface area (Å²) in [6.45, 7) is 0.469. The normalized spacial score (nSPS) is 16.0. The summed E-state index contributed by atoms with van der Waals surface area (Å²) in [5, 5.41) is 0. The SMILES string of the molecule is COc1ccc(OC[C@@H]2c3cc(OC)c(OC)cc3CCN2S(=O)(=O)c2ccccc2)cc1. The Kier molecular flexibility index (Phi) is 6.76. The standard InChI is InChI=1S/C25H27NO6S/c1-29-19-9-11-20(12-10-19)32-17-23-22-16-25(31-3)24(30-2)15-18(22)13-14-26(23)33(27,28)21-7-5-4-6-8-21/h4-12,15-16,23H,13-14,17H2,1-3H3/t23-/m1/s1. The highest BCUT2D eigenvalue weighted by Gasteiger charge is 2.37. The van der Waals surface area contributed by atoms with Crippen LogP contribution in [0.4, 0.5) is 0 Å². The predicted octanol–water partition coefficient (Wildman–Crippen LogP) is 4.08. The van der Waals surface area contributed by atoms with Crippen molar-refractivity contribution in [1.82, 2.24) is 4.31 Å². The molecule has 7 nitrogen and oxygen atoms in total. The number of sulfonamides is 1. The van der Waals surface area contributed by atoms with Gasteiger partial charge in [-0.1, -0.05) is 18.2 Å². The molecule has 0 radical (unpaired) electrons. The van der Waals surface area contributed by atoms with Crippen LogP contribution < -0.4 is 18.9 Å². The van der Waals surface area contributed by atoms with Gasteiger partial charge in [0, 0.05) is 6.54 Å². The molecule has 0 fully saturated rings. The van der Waals surface area contributed by atoms with Gasteiger partial charge in [0.2, 0.25) is 10.0 Å². The lowest BCUT2D eigenvalue weighted by atomic mass is 9.94. The summed E-state index contributed by atoms with van der Waals surface area (Å²) in [6.07, 6.45) is 0.556. The van der Waals surface area contributed by atoms with Crippen LogP contribution in [0.5, 0.6) is 23.0 Å². The summed E-state index contributed by atoms with van der Waals surface area (Å²) < 4.78 is 50.9. The average molecular weight is 470 g/mol. The molecule has 1 atom stereocenters. The van der Waals surface area contributed by atoms with Crippen molar-refractivity contribution in [1.29, 1.82) is 0 Å². The van der Waals surface area contributed by atoms with Crippen molar-refractivity contribution in [2.75, 3.05) is 34.5 Å². The molecule has 174 valence electrons. The number of nitrogens with zero attached hydrogens (tertiary/aromatic N) is 1. The van der Waals surface area contributed by atoms with Crippen LogP contribution in [-0.2, 0) is 16.4 Å². The number of methoxy groups -OCH3 is 3. The summed E-state index contributed by atoms with van der Waals surface area (Å²) in [7, 11) is 1.01. The average Bonchev–Trinajstić information content (AvgIpc) is 2.86. The van der Waals surface area contributed by atoms with Gasteiger partial charge in [-0.15, -0.1) is 0 Å². The number of hydrogen-bond acceptors (Lipinski definition) is 6. The fraction of sp³-hybridized carbons (Fsp3) is 0.280. The van der Waals surface area contributed by atoms with Gasteiger partial charge in [0.1, 0.15) is 18.1 Å². The highest BCUT2D eigenvalue weighted by atomic mass is 32.2. The Morgan fingerprint density at radius 3 is 2.12 bits per heavy atom. The molecule has 0 saturated carbocycles. The number of fused-ring (bicyclic) bond motifs is 1. The fourth-order valence-corrected chi connectivity index (χ4v) is 5.65. The lowest BCUT2D eigenvalue weighted by molar-refractivity contribution is 0.196. The summed E-state index contributed by atoms with van der Waals surface area (Å²) in [5.41, 5.74) is 1.85. The molecular weight excluding hydrogens is 442 g/mol. The van der Waals surface area contributed by atoms with Crippen LogP contribution in [0.1, 0.15) is 17.2 Å². The van der Waals surface area contributed by atoms with E-state index in [9.17, 15) is 8.42 Å². The summed E-state index contributed by atoms with van der Waals surface area (Å²) in [6, 6.07) is 18.9. The van der Waals surface area contributed by atoms with Gasteiger partial charge in [0.15, 0.2) is 11.5 Å². The second kappa shape index (κ2) is 9.72. The Morgan fingerprint density at radius 2 is 1.48 bits per heavy atom. The lowest BCUT2D eigenvalue weighted by Gasteiger charge is -2.36. The zero-order valence-corrected chi connectivity index (χ0v) is 19.7. The van der Waals surface area contributed by atoms with E-state index in [-0.39, 0.29) is 11.5 Å². The topological polar surface area (TPSA) is 74.3 Å². The third-order valence-electron chi connectivity index (χ3n) is 5.77. The predicted molar refractivity (Wildman–Crippen MR) is 125 cm³/mol. The van der Waals surface area contributed by atoms with Crippen molar-refractivity contribution in [3.8, 4) is 23.0 Å². The summed E-state index contributed by atoms with van der Waals surface area (Å²) in [4.78, 5) is 0.253. The van der Waals surface area contributed by atoms with Crippen LogP contribution >= 0.6 is 0 Å². The van der Waals surface area contributed by atoms with Gasteiger partial charge >= 0.3 is 0 Å². The van der Waals surface area contributed by atoms with E-state index in [1.54, 1.807) is 75.9 Å². The zero-order chi connectivity index (χ0) is 23.4. The molecule has 1 aliphatic heterocycles. The number of hydrogen-bond donors (Lipinski definition) is 0. The number of ether oxygens (including phenoxy) is 4. The van der Waals surface area contributed by atoms with Gasteiger partial charge in [0.05, 0.1) is 32.3 Å². The van der Waals surface area contributed by atoms with Crippen molar-refractivity contribution >= 4 is 10.0 Å². The van der Waals surface area contributed by atoms with E-state index in [2.05, 4.69) is 0 Å². The van der Waals surface area contributed by atoms with Crippen LogP contribution in [0.15, 0.2) is 71.6 Å². The maximum absolute atomic E-state index is 13.6. The molecule has 0 amide bonds. The quantitative estimate of drug-likeness (QED) is 0.495. The van der Waals surface area contributed by atoms with Gasteiger partial charge < -0.3 is 18.9 Å². The van der Waals surface area contributed by atoms with E-state index < -0.39 is 16.1 Å². The van der Waals surface area contributed by atoms with Crippen LogP contribution in [0, 0.1) is 0 Å². The van der Waals surface area contributed by atoms with Crippen molar-refractivity contribution in [2.24, 2.45) is 0 Å².